The topological polar surface area (TPSA) is 50.7 Å². The molecule has 0 aliphatic carbocycles. The summed E-state index contributed by atoms with van der Waals surface area (Å²) in [6.45, 7) is -0.00562. The largest absolute Gasteiger partial charge is 0.454 e. The monoisotopic (exact) mass is 424 g/mol. The number of benzene rings is 3. The molecule has 0 heterocycles. The van der Waals surface area contributed by atoms with Gasteiger partial charge in [-0.1, -0.05) is 65.7 Å². The quantitative estimate of drug-likeness (QED) is 0.215. The minimum absolute atomic E-state index is 0.00562. The van der Waals surface area contributed by atoms with Crippen LogP contribution in [0.2, 0.25) is 10.0 Å². The number of carbonyl (C=O) groups excluding carboxylic acids is 1. The van der Waals surface area contributed by atoms with E-state index in [1.54, 1.807) is 24.3 Å². The fourth-order valence-corrected chi connectivity index (χ4v) is 2.72. The summed E-state index contributed by atoms with van der Waals surface area (Å²) in [5, 5.41) is 4.07. The van der Waals surface area contributed by atoms with E-state index in [0.29, 0.717) is 15.9 Å². The van der Waals surface area contributed by atoms with Crippen molar-refractivity contribution in [2.45, 2.75) is 0 Å². The molecule has 3 rings (SSSR count). The number of nitrogens with zero attached hydrogens (tertiary/aromatic N) is 1. The van der Waals surface area contributed by atoms with Gasteiger partial charge in [-0.05, 0) is 48.0 Å². The molecule has 146 valence electrons. The number of hydrogen-bond donors (Lipinski definition) is 1. The van der Waals surface area contributed by atoms with Crippen LogP contribution < -0.4 is 5.32 Å². The van der Waals surface area contributed by atoms with Crippen LogP contribution in [-0.2, 0) is 9.53 Å². The second kappa shape index (κ2) is 10.5. The van der Waals surface area contributed by atoms with Gasteiger partial charge in [-0.2, -0.15) is 0 Å². The first-order valence-corrected chi connectivity index (χ1v) is 9.60. The Kier molecular flexibility index (Phi) is 7.45. The van der Waals surface area contributed by atoms with Gasteiger partial charge in [-0.25, -0.2) is 9.79 Å². The highest BCUT2D eigenvalue weighted by Crippen LogP contribution is 2.23. The molecule has 0 radical (unpaired) electrons. The van der Waals surface area contributed by atoms with E-state index in [0.717, 1.165) is 16.9 Å². The van der Waals surface area contributed by atoms with Crippen LogP contribution in [0.5, 0.6) is 0 Å². The number of para-hydroxylation sites is 2. The van der Waals surface area contributed by atoms with Crippen molar-refractivity contribution in [2.24, 2.45) is 4.99 Å². The van der Waals surface area contributed by atoms with E-state index in [1.165, 1.54) is 6.08 Å². The van der Waals surface area contributed by atoms with E-state index in [-0.39, 0.29) is 6.61 Å². The van der Waals surface area contributed by atoms with E-state index in [4.69, 9.17) is 27.9 Å². The fourth-order valence-electron chi connectivity index (χ4n) is 2.41. The molecule has 3 aromatic carbocycles. The van der Waals surface area contributed by atoms with Gasteiger partial charge in [-0.15, -0.1) is 0 Å². The van der Waals surface area contributed by atoms with E-state index in [9.17, 15) is 4.79 Å². The van der Waals surface area contributed by atoms with Crippen LogP contribution in [0.25, 0.3) is 6.08 Å². The van der Waals surface area contributed by atoms with Crippen molar-refractivity contribution in [3.63, 3.8) is 0 Å². The highest BCUT2D eigenvalue weighted by Gasteiger charge is 2.06. The third kappa shape index (κ3) is 6.79. The molecule has 3 aromatic rings. The lowest BCUT2D eigenvalue weighted by Gasteiger charge is -2.10. The van der Waals surface area contributed by atoms with Crippen molar-refractivity contribution >= 4 is 52.5 Å². The van der Waals surface area contributed by atoms with Crippen LogP contribution in [-0.4, -0.2) is 18.4 Å². The molecular weight excluding hydrogens is 407 g/mol. The molecule has 0 fully saturated rings. The smallest absolute Gasteiger partial charge is 0.331 e. The Balaban J connectivity index is 1.67. The highest BCUT2D eigenvalue weighted by molar-refractivity contribution is 6.42. The number of ether oxygens (including phenoxy) is 1. The number of nitrogens with one attached hydrogen (secondary N) is 1. The molecule has 4 nitrogen and oxygen atoms in total. The first kappa shape index (κ1) is 20.6. The second-order valence-electron chi connectivity index (χ2n) is 6.00. The van der Waals surface area contributed by atoms with Gasteiger partial charge in [0.25, 0.3) is 0 Å². The number of hydrogen-bond acceptors (Lipinski definition) is 3. The Labute approximate surface area is 179 Å². The average Bonchev–Trinajstić information content (AvgIpc) is 2.74. The summed E-state index contributed by atoms with van der Waals surface area (Å²) in [6.07, 6.45) is 2.95. The highest BCUT2D eigenvalue weighted by atomic mass is 35.5. The first-order chi connectivity index (χ1) is 14.1. The molecule has 0 atom stereocenters. The lowest BCUT2D eigenvalue weighted by Crippen LogP contribution is -2.20. The van der Waals surface area contributed by atoms with Gasteiger partial charge >= 0.3 is 5.97 Å². The van der Waals surface area contributed by atoms with Crippen molar-refractivity contribution in [3.8, 4) is 0 Å². The van der Waals surface area contributed by atoms with Crippen molar-refractivity contribution in [1.29, 1.82) is 0 Å². The summed E-state index contributed by atoms with van der Waals surface area (Å²) in [5.41, 5.74) is 2.36. The molecule has 0 bridgehead atoms. The van der Waals surface area contributed by atoms with Crippen LogP contribution in [0, 0.1) is 0 Å². The van der Waals surface area contributed by atoms with E-state index < -0.39 is 5.97 Å². The zero-order valence-electron chi connectivity index (χ0n) is 15.4. The third-order valence-corrected chi connectivity index (χ3v) is 4.53. The minimum atomic E-state index is -0.494. The molecule has 0 aliphatic heterocycles. The second-order valence-corrected chi connectivity index (χ2v) is 6.81. The number of aliphatic imine (C=N–C) groups is 1. The lowest BCUT2D eigenvalue weighted by molar-refractivity contribution is -0.136. The van der Waals surface area contributed by atoms with Crippen LogP contribution in [0.3, 0.4) is 0 Å². The SMILES string of the molecule is O=C(C=Cc1ccc(Cl)c(Cl)c1)OCC(=Nc1ccccc1)Nc1ccccc1. The summed E-state index contributed by atoms with van der Waals surface area (Å²) < 4.78 is 5.35. The van der Waals surface area contributed by atoms with Gasteiger partial charge in [0.2, 0.25) is 0 Å². The maximum absolute atomic E-state index is 12.1. The molecule has 29 heavy (non-hydrogen) atoms. The predicted octanol–water partition coefficient (Wildman–Crippen LogP) is 6.39. The number of amidine groups is 1. The summed E-state index contributed by atoms with van der Waals surface area (Å²) in [6, 6.07) is 24.1. The average molecular weight is 425 g/mol. The molecule has 0 saturated heterocycles. The number of carbonyl (C=O) groups is 1. The number of esters is 1. The van der Waals surface area contributed by atoms with Gasteiger partial charge in [-0.3, -0.25) is 0 Å². The summed E-state index contributed by atoms with van der Waals surface area (Å²) >= 11 is 11.9. The molecule has 0 saturated carbocycles. The molecule has 0 aliphatic rings. The minimum Gasteiger partial charge on any atom is -0.454 e. The molecule has 0 aromatic heterocycles. The summed E-state index contributed by atoms with van der Waals surface area (Å²) in [4.78, 5) is 16.7. The Hall–Kier alpha value is -3.08. The number of rotatable bonds is 6. The Morgan fingerprint density at radius 1 is 0.931 bits per heavy atom. The Morgan fingerprint density at radius 2 is 1.62 bits per heavy atom. The Bertz CT molecular complexity index is 1020. The zero-order valence-corrected chi connectivity index (χ0v) is 16.9. The first-order valence-electron chi connectivity index (χ1n) is 8.85. The molecule has 0 unspecified atom stereocenters. The predicted molar refractivity (Wildman–Crippen MR) is 120 cm³/mol. The third-order valence-electron chi connectivity index (χ3n) is 3.79. The van der Waals surface area contributed by atoms with Crippen LogP contribution in [0.1, 0.15) is 5.56 Å². The maximum Gasteiger partial charge on any atom is 0.331 e. The van der Waals surface area contributed by atoms with Crippen molar-refractivity contribution in [2.75, 3.05) is 11.9 Å². The Morgan fingerprint density at radius 3 is 2.31 bits per heavy atom. The summed E-state index contributed by atoms with van der Waals surface area (Å²) in [5.74, 6) is 0.0189. The lowest BCUT2D eigenvalue weighted by atomic mass is 10.2. The van der Waals surface area contributed by atoms with E-state index in [1.807, 2.05) is 60.7 Å². The molecule has 6 heteroatoms. The standard InChI is InChI=1S/C23H18Cl2N2O2/c24-20-13-11-17(15-21(20)25)12-14-23(28)29-16-22(26-18-7-3-1-4-8-18)27-19-9-5-2-6-10-19/h1-15H,16H2,(H,26,27). The van der Waals surface area contributed by atoms with Crippen molar-refractivity contribution in [1.82, 2.24) is 0 Å². The van der Waals surface area contributed by atoms with Gasteiger partial charge in [0, 0.05) is 11.8 Å². The molecule has 0 spiro atoms. The van der Waals surface area contributed by atoms with Crippen LogP contribution in [0.4, 0.5) is 11.4 Å². The molecular formula is C23H18Cl2N2O2. The molecule has 1 N–H and O–H groups in total. The van der Waals surface area contributed by atoms with Gasteiger partial charge in [0.15, 0.2) is 0 Å². The summed E-state index contributed by atoms with van der Waals surface area (Å²) in [7, 11) is 0. The van der Waals surface area contributed by atoms with Gasteiger partial charge < -0.3 is 10.1 Å². The zero-order chi connectivity index (χ0) is 20.5. The molecule has 0 amide bonds. The maximum atomic E-state index is 12.1. The van der Waals surface area contributed by atoms with Gasteiger partial charge in [0.1, 0.15) is 12.4 Å². The van der Waals surface area contributed by atoms with Crippen LogP contribution in [0.15, 0.2) is 89.9 Å². The normalized spacial score (nSPS) is 11.4. The van der Waals surface area contributed by atoms with E-state index in [2.05, 4.69) is 10.3 Å². The number of anilines is 1. The van der Waals surface area contributed by atoms with Crippen molar-refractivity contribution in [3.05, 3.63) is 101 Å². The van der Waals surface area contributed by atoms with Gasteiger partial charge in [0.05, 0.1) is 15.7 Å². The number of halogens is 2. The fraction of sp³-hybridized carbons (Fsp3) is 0.0435. The van der Waals surface area contributed by atoms with Crippen LogP contribution >= 0.6 is 23.2 Å². The van der Waals surface area contributed by atoms with E-state index >= 15 is 0 Å². The van der Waals surface area contributed by atoms with Crippen molar-refractivity contribution < 1.29 is 9.53 Å².